The maximum Gasteiger partial charge on any atom is 0.426 e. The van der Waals surface area contributed by atoms with E-state index < -0.39 is 6.09 Å². The van der Waals surface area contributed by atoms with E-state index in [9.17, 15) is 4.79 Å². The van der Waals surface area contributed by atoms with Crippen LogP contribution in [-0.2, 0) is 4.74 Å². The van der Waals surface area contributed by atoms with Gasteiger partial charge in [-0.2, -0.15) is 0 Å². The third kappa shape index (κ3) is 3.32. The molecule has 6 heteroatoms. The van der Waals surface area contributed by atoms with Gasteiger partial charge in [-0.3, -0.25) is 5.01 Å². The fourth-order valence-electron chi connectivity index (χ4n) is 2.79. The summed E-state index contributed by atoms with van der Waals surface area (Å²) in [6.45, 7) is 2.51. The van der Waals surface area contributed by atoms with Gasteiger partial charge in [0.15, 0.2) is 0 Å². The maximum atomic E-state index is 11.8. The molecule has 2 aromatic carbocycles. The van der Waals surface area contributed by atoms with E-state index >= 15 is 0 Å². The molecule has 0 fully saturated rings. The standard InChI is InChI=1S/C18H20N4O2/c1-2-24-18(23)21-22-12-15(13-8-4-3-5-9-13)14-10-6-7-11-16(14)20-17(22)19/h3-11,15H,2,12H2,1H3,(H2,19,20)(H,21,23). The average Bonchev–Trinajstić information content (AvgIpc) is 2.73. The van der Waals surface area contributed by atoms with Gasteiger partial charge in [0, 0.05) is 5.92 Å². The summed E-state index contributed by atoms with van der Waals surface area (Å²) in [6.07, 6.45) is -0.548. The van der Waals surface area contributed by atoms with Gasteiger partial charge in [0.1, 0.15) is 0 Å². The second kappa shape index (κ2) is 7.04. The summed E-state index contributed by atoms with van der Waals surface area (Å²) in [5.74, 6) is 0.253. The number of carbonyl (C=O) groups excluding carboxylic acids is 1. The van der Waals surface area contributed by atoms with Gasteiger partial charge >= 0.3 is 6.09 Å². The van der Waals surface area contributed by atoms with Gasteiger partial charge in [0.2, 0.25) is 5.96 Å². The summed E-state index contributed by atoms with van der Waals surface area (Å²) >= 11 is 0. The number of hydrogen-bond donors (Lipinski definition) is 2. The molecule has 1 amide bonds. The zero-order valence-corrected chi connectivity index (χ0v) is 13.5. The number of carbonyl (C=O) groups is 1. The Morgan fingerprint density at radius 1 is 1.25 bits per heavy atom. The highest BCUT2D eigenvalue weighted by Gasteiger charge is 2.26. The number of hydrazine groups is 1. The second-order valence-corrected chi connectivity index (χ2v) is 5.43. The van der Waals surface area contributed by atoms with E-state index in [0.717, 1.165) is 16.8 Å². The van der Waals surface area contributed by atoms with Gasteiger partial charge in [0.05, 0.1) is 18.8 Å². The lowest BCUT2D eigenvalue weighted by Gasteiger charge is -2.26. The molecule has 0 aliphatic carbocycles. The summed E-state index contributed by atoms with van der Waals surface area (Å²) in [5.41, 5.74) is 11.7. The lowest BCUT2D eigenvalue weighted by atomic mass is 9.90. The highest BCUT2D eigenvalue weighted by Crippen LogP contribution is 2.34. The Hall–Kier alpha value is -3.02. The highest BCUT2D eigenvalue weighted by atomic mass is 16.6. The zero-order valence-electron chi connectivity index (χ0n) is 13.5. The summed E-state index contributed by atoms with van der Waals surface area (Å²) < 4.78 is 4.95. The topological polar surface area (TPSA) is 80.0 Å². The van der Waals surface area contributed by atoms with Crippen LogP contribution in [0, 0.1) is 0 Å². The van der Waals surface area contributed by atoms with Crippen LogP contribution in [0.1, 0.15) is 24.0 Å². The third-order valence-corrected chi connectivity index (χ3v) is 3.89. The van der Waals surface area contributed by atoms with Crippen LogP contribution >= 0.6 is 0 Å². The predicted molar refractivity (Wildman–Crippen MR) is 92.9 cm³/mol. The van der Waals surface area contributed by atoms with Crippen LogP contribution < -0.4 is 11.2 Å². The second-order valence-electron chi connectivity index (χ2n) is 5.43. The van der Waals surface area contributed by atoms with Crippen molar-refractivity contribution in [3.8, 4) is 0 Å². The van der Waals surface area contributed by atoms with Crippen molar-refractivity contribution in [3.63, 3.8) is 0 Å². The van der Waals surface area contributed by atoms with Crippen LogP contribution in [-0.4, -0.2) is 30.2 Å². The first-order chi connectivity index (χ1) is 11.7. The number of nitrogens with zero attached hydrogens (tertiary/aromatic N) is 2. The first kappa shape index (κ1) is 15.9. The van der Waals surface area contributed by atoms with Crippen LogP contribution in [0.4, 0.5) is 10.5 Å². The number of para-hydroxylation sites is 1. The molecule has 1 heterocycles. The molecule has 0 saturated heterocycles. The number of nitrogens with one attached hydrogen (secondary N) is 1. The number of ether oxygens (including phenoxy) is 1. The number of amides is 1. The molecule has 24 heavy (non-hydrogen) atoms. The normalized spacial score (nSPS) is 16.6. The minimum absolute atomic E-state index is 0.0223. The molecule has 0 aromatic heterocycles. The monoisotopic (exact) mass is 324 g/mol. The van der Waals surface area contributed by atoms with Crippen LogP contribution in [0.5, 0.6) is 0 Å². The van der Waals surface area contributed by atoms with Crippen molar-refractivity contribution in [1.82, 2.24) is 10.4 Å². The number of aliphatic imine (C=N–C) groups is 1. The number of hydrogen-bond acceptors (Lipinski definition) is 5. The maximum absolute atomic E-state index is 11.8. The lowest BCUT2D eigenvalue weighted by molar-refractivity contribution is 0.130. The quantitative estimate of drug-likeness (QED) is 0.910. The molecule has 1 aliphatic rings. The van der Waals surface area contributed by atoms with Gasteiger partial charge in [-0.05, 0) is 24.1 Å². The number of benzene rings is 2. The summed E-state index contributed by atoms with van der Waals surface area (Å²) in [4.78, 5) is 16.3. The molecule has 3 rings (SSSR count). The molecule has 2 aromatic rings. The Labute approximate surface area is 140 Å². The molecule has 3 N–H and O–H groups in total. The predicted octanol–water partition coefficient (Wildman–Crippen LogP) is 2.74. The molecular weight excluding hydrogens is 304 g/mol. The Kier molecular flexibility index (Phi) is 4.65. The van der Waals surface area contributed by atoms with Gasteiger partial charge in [-0.25, -0.2) is 15.2 Å². The van der Waals surface area contributed by atoms with Crippen molar-refractivity contribution >= 4 is 17.7 Å². The third-order valence-electron chi connectivity index (χ3n) is 3.89. The number of rotatable bonds is 3. The summed E-state index contributed by atoms with van der Waals surface area (Å²) in [5, 5.41) is 1.54. The Morgan fingerprint density at radius 3 is 2.71 bits per heavy atom. The van der Waals surface area contributed by atoms with E-state index in [1.165, 1.54) is 5.01 Å². The van der Waals surface area contributed by atoms with Crippen LogP contribution in [0.15, 0.2) is 59.6 Å². The molecule has 124 valence electrons. The molecule has 6 nitrogen and oxygen atoms in total. The van der Waals surface area contributed by atoms with E-state index in [1.807, 2.05) is 42.5 Å². The van der Waals surface area contributed by atoms with Crippen molar-refractivity contribution in [3.05, 3.63) is 65.7 Å². The van der Waals surface area contributed by atoms with Crippen molar-refractivity contribution in [2.24, 2.45) is 10.7 Å². The van der Waals surface area contributed by atoms with Gasteiger partial charge < -0.3 is 10.5 Å². The minimum atomic E-state index is -0.548. The first-order valence-corrected chi connectivity index (χ1v) is 7.88. The first-order valence-electron chi connectivity index (χ1n) is 7.88. The van der Waals surface area contributed by atoms with Gasteiger partial charge in [-0.1, -0.05) is 48.5 Å². The molecule has 0 bridgehead atoms. The highest BCUT2D eigenvalue weighted by molar-refractivity contribution is 5.84. The molecule has 0 spiro atoms. The lowest BCUT2D eigenvalue weighted by Crippen LogP contribution is -2.50. The van der Waals surface area contributed by atoms with Crippen molar-refractivity contribution in [1.29, 1.82) is 0 Å². The Morgan fingerprint density at radius 2 is 1.96 bits per heavy atom. The summed E-state index contributed by atoms with van der Waals surface area (Å²) in [7, 11) is 0. The average molecular weight is 324 g/mol. The Balaban J connectivity index is 1.98. The van der Waals surface area contributed by atoms with E-state index in [4.69, 9.17) is 10.5 Å². The minimum Gasteiger partial charge on any atom is -0.449 e. The molecule has 1 aliphatic heterocycles. The van der Waals surface area contributed by atoms with Crippen LogP contribution in [0.25, 0.3) is 0 Å². The Bertz CT molecular complexity index is 746. The molecule has 0 radical (unpaired) electrons. The number of fused-ring (bicyclic) bond motifs is 1. The van der Waals surface area contributed by atoms with E-state index in [2.05, 4.69) is 22.6 Å². The smallest absolute Gasteiger partial charge is 0.426 e. The van der Waals surface area contributed by atoms with Crippen LogP contribution in [0.3, 0.4) is 0 Å². The SMILES string of the molecule is CCOC(=O)NN1CC(c2ccccc2)c2ccccc2N=C1N. The fraction of sp³-hybridized carbons (Fsp3) is 0.222. The summed E-state index contributed by atoms with van der Waals surface area (Å²) in [6, 6.07) is 18.0. The fourth-order valence-corrected chi connectivity index (χ4v) is 2.79. The van der Waals surface area contributed by atoms with Gasteiger partial charge in [0.25, 0.3) is 0 Å². The van der Waals surface area contributed by atoms with Crippen LogP contribution in [0.2, 0.25) is 0 Å². The number of guanidine groups is 1. The largest absolute Gasteiger partial charge is 0.449 e. The zero-order chi connectivity index (χ0) is 16.9. The van der Waals surface area contributed by atoms with Crippen molar-refractivity contribution in [2.75, 3.05) is 13.2 Å². The number of nitrogens with two attached hydrogens (primary N) is 1. The molecule has 1 unspecified atom stereocenters. The van der Waals surface area contributed by atoms with E-state index in [1.54, 1.807) is 6.92 Å². The molecule has 1 atom stereocenters. The molecular formula is C18H20N4O2. The van der Waals surface area contributed by atoms with E-state index in [-0.39, 0.29) is 11.9 Å². The van der Waals surface area contributed by atoms with Crippen molar-refractivity contribution in [2.45, 2.75) is 12.8 Å². The van der Waals surface area contributed by atoms with Gasteiger partial charge in [-0.15, -0.1) is 0 Å². The van der Waals surface area contributed by atoms with E-state index in [0.29, 0.717) is 13.2 Å². The molecule has 0 saturated carbocycles. The van der Waals surface area contributed by atoms with Crippen molar-refractivity contribution < 1.29 is 9.53 Å².